The van der Waals surface area contributed by atoms with E-state index in [1.807, 2.05) is 18.2 Å². The van der Waals surface area contributed by atoms with E-state index in [9.17, 15) is 19.2 Å². The average Bonchev–Trinajstić information content (AvgIpc) is 2.96. The van der Waals surface area contributed by atoms with Crippen LogP contribution in [-0.4, -0.2) is 54.2 Å². The molecule has 1 heterocycles. The summed E-state index contributed by atoms with van der Waals surface area (Å²) < 4.78 is 5.96. The minimum Gasteiger partial charge on any atom is -0.476 e. The molecule has 0 aliphatic heterocycles. The molecule has 3 amide bonds. The first-order chi connectivity index (χ1) is 20.2. The van der Waals surface area contributed by atoms with Crippen molar-refractivity contribution in [1.29, 1.82) is 0 Å². The number of rotatable bonds is 13. The number of pyridine rings is 1. The predicted octanol–water partition coefficient (Wildman–Crippen LogP) is 3.56. The zero-order valence-corrected chi connectivity index (χ0v) is 27.1. The lowest BCUT2D eigenvalue weighted by Gasteiger charge is -2.28. The van der Waals surface area contributed by atoms with Crippen LogP contribution in [0, 0.1) is 0 Å². The molecule has 9 nitrogen and oxygen atoms in total. The van der Waals surface area contributed by atoms with Crippen molar-refractivity contribution in [1.82, 2.24) is 20.9 Å². The minimum atomic E-state index is -1.59. The molecule has 0 fully saturated rings. The molecule has 3 aromatic rings. The first kappa shape index (κ1) is 33.5. The van der Waals surface area contributed by atoms with E-state index >= 15 is 0 Å². The van der Waals surface area contributed by atoms with Gasteiger partial charge in [-0.25, -0.2) is 0 Å². The van der Waals surface area contributed by atoms with E-state index in [-0.39, 0.29) is 13.0 Å². The highest BCUT2D eigenvalue weighted by molar-refractivity contribution is 6.88. The maximum atomic E-state index is 13.2. The SMILES string of the molecule is C[C@@H](NC(=O)C(C)(C)Oc1ccc([Si](C)(C)C)cc1Cl)C(=O)N[C@H](Cc1ccccc1)C(=O)C(=O)NCc1ccccn1. The number of hydrogen-bond donors (Lipinski definition) is 3. The summed E-state index contributed by atoms with van der Waals surface area (Å²) in [5.41, 5.74) is -0.0348. The van der Waals surface area contributed by atoms with Gasteiger partial charge >= 0.3 is 0 Å². The van der Waals surface area contributed by atoms with Crippen molar-refractivity contribution in [2.24, 2.45) is 0 Å². The van der Waals surface area contributed by atoms with Gasteiger partial charge in [0, 0.05) is 12.6 Å². The van der Waals surface area contributed by atoms with Crippen LogP contribution in [0.5, 0.6) is 5.75 Å². The molecule has 0 unspecified atom stereocenters. The zero-order chi connectivity index (χ0) is 31.8. The lowest BCUT2D eigenvalue weighted by Crippen LogP contribution is -2.56. The molecule has 0 spiro atoms. The number of ether oxygens (including phenoxy) is 1. The lowest BCUT2D eigenvalue weighted by molar-refractivity contribution is -0.141. The van der Waals surface area contributed by atoms with E-state index in [4.69, 9.17) is 16.3 Å². The summed E-state index contributed by atoms with van der Waals surface area (Å²) in [6.07, 6.45) is 1.67. The Balaban J connectivity index is 1.67. The topological polar surface area (TPSA) is 126 Å². The second-order valence-corrected chi connectivity index (χ2v) is 17.3. The van der Waals surface area contributed by atoms with Crippen molar-refractivity contribution < 1.29 is 23.9 Å². The Bertz CT molecular complexity index is 1450. The van der Waals surface area contributed by atoms with Crippen molar-refractivity contribution in [2.45, 2.75) is 71.1 Å². The maximum absolute atomic E-state index is 13.2. The fourth-order valence-corrected chi connectivity index (χ4v) is 5.55. The number of carbonyl (C=O) groups excluding carboxylic acids is 4. The van der Waals surface area contributed by atoms with Crippen LogP contribution in [0.1, 0.15) is 32.0 Å². The van der Waals surface area contributed by atoms with Gasteiger partial charge in [-0.3, -0.25) is 24.2 Å². The second-order valence-electron chi connectivity index (χ2n) is 11.8. The van der Waals surface area contributed by atoms with Crippen LogP contribution in [0.2, 0.25) is 24.7 Å². The van der Waals surface area contributed by atoms with Crippen LogP contribution in [-0.2, 0) is 32.1 Å². The Labute approximate surface area is 258 Å². The molecule has 1 aromatic heterocycles. The summed E-state index contributed by atoms with van der Waals surface area (Å²) >= 11 is 6.47. The van der Waals surface area contributed by atoms with Crippen LogP contribution in [0.4, 0.5) is 0 Å². The van der Waals surface area contributed by atoms with Gasteiger partial charge in [-0.1, -0.05) is 78.9 Å². The summed E-state index contributed by atoms with van der Waals surface area (Å²) in [4.78, 5) is 56.4. The van der Waals surface area contributed by atoms with Crippen molar-refractivity contribution >= 4 is 48.4 Å². The fraction of sp³-hybridized carbons (Fsp3) is 0.344. The van der Waals surface area contributed by atoms with E-state index in [0.29, 0.717) is 16.5 Å². The summed E-state index contributed by atoms with van der Waals surface area (Å²) in [5.74, 6) is -2.50. The fourth-order valence-electron chi connectivity index (χ4n) is 4.08. The molecule has 0 bridgehead atoms. The van der Waals surface area contributed by atoms with Gasteiger partial charge in [0.15, 0.2) is 5.60 Å². The van der Waals surface area contributed by atoms with Gasteiger partial charge in [-0.2, -0.15) is 0 Å². The smallest absolute Gasteiger partial charge is 0.289 e. The Morgan fingerprint density at radius 3 is 2.23 bits per heavy atom. The van der Waals surface area contributed by atoms with Crippen molar-refractivity contribution in [3.05, 3.63) is 89.2 Å². The third-order valence-electron chi connectivity index (χ3n) is 6.75. The number of ketones is 1. The molecule has 3 rings (SSSR count). The van der Waals surface area contributed by atoms with E-state index < -0.39 is 49.3 Å². The normalized spacial score (nSPS) is 12.9. The number of carbonyl (C=O) groups is 4. The lowest BCUT2D eigenvalue weighted by atomic mass is 10.0. The van der Waals surface area contributed by atoms with E-state index in [1.165, 1.54) is 6.92 Å². The quantitative estimate of drug-likeness (QED) is 0.198. The van der Waals surface area contributed by atoms with Crippen LogP contribution in [0.3, 0.4) is 0 Å². The Hall–Kier alpha value is -4.02. The Morgan fingerprint density at radius 1 is 0.953 bits per heavy atom. The van der Waals surface area contributed by atoms with E-state index in [0.717, 1.165) is 10.8 Å². The standard InChI is InChI=1S/C32H39ClN4O5Si/c1-21(36-31(41)32(2,3)42-27-16-15-24(19-25(27)33)43(4,5)6)29(39)37-26(18-22-12-8-7-9-13-22)28(38)30(40)35-20-23-14-10-11-17-34-23/h7-17,19,21,26H,18,20H2,1-6H3,(H,35,40)(H,36,41)(H,37,39)/t21-,26-/m1/s1. The van der Waals surface area contributed by atoms with Gasteiger partial charge in [0.2, 0.25) is 11.7 Å². The predicted molar refractivity (Wildman–Crippen MR) is 170 cm³/mol. The Morgan fingerprint density at radius 2 is 1.63 bits per heavy atom. The highest BCUT2D eigenvalue weighted by Crippen LogP contribution is 2.28. The second kappa shape index (κ2) is 14.4. The average molecular weight is 623 g/mol. The molecular weight excluding hydrogens is 584 g/mol. The molecule has 11 heteroatoms. The van der Waals surface area contributed by atoms with Crippen LogP contribution >= 0.6 is 11.6 Å². The Kier molecular flexibility index (Phi) is 11.2. The molecule has 0 saturated carbocycles. The van der Waals surface area contributed by atoms with Gasteiger partial charge in [0.1, 0.15) is 17.8 Å². The van der Waals surface area contributed by atoms with Gasteiger partial charge in [0.05, 0.1) is 25.3 Å². The molecular formula is C32H39ClN4O5Si. The number of aromatic nitrogens is 1. The zero-order valence-electron chi connectivity index (χ0n) is 25.4. The van der Waals surface area contributed by atoms with Gasteiger partial charge in [-0.05, 0) is 50.6 Å². The summed E-state index contributed by atoms with van der Waals surface area (Å²) in [6, 6.07) is 17.6. The molecule has 0 aliphatic rings. The molecule has 2 atom stereocenters. The first-order valence-electron chi connectivity index (χ1n) is 14.0. The monoisotopic (exact) mass is 622 g/mol. The van der Waals surface area contributed by atoms with Crippen LogP contribution in [0.25, 0.3) is 0 Å². The van der Waals surface area contributed by atoms with Crippen LogP contribution in [0.15, 0.2) is 72.9 Å². The van der Waals surface area contributed by atoms with Gasteiger partial charge in [-0.15, -0.1) is 0 Å². The van der Waals surface area contributed by atoms with Crippen molar-refractivity contribution in [3.8, 4) is 5.75 Å². The molecule has 3 N–H and O–H groups in total. The number of halogens is 1. The number of benzene rings is 2. The van der Waals surface area contributed by atoms with E-state index in [1.54, 1.807) is 68.6 Å². The molecule has 2 aromatic carbocycles. The number of hydrogen-bond acceptors (Lipinski definition) is 6. The molecule has 0 aliphatic carbocycles. The summed E-state index contributed by atoms with van der Waals surface area (Å²) in [6.45, 7) is 11.3. The van der Waals surface area contributed by atoms with Gasteiger partial charge < -0.3 is 20.7 Å². The molecule has 0 radical (unpaired) electrons. The van der Waals surface area contributed by atoms with Crippen molar-refractivity contribution in [2.75, 3.05) is 0 Å². The summed E-state index contributed by atoms with van der Waals surface area (Å²) in [7, 11) is -1.59. The number of amides is 3. The molecule has 0 saturated heterocycles. The van der Waals surface area contributed by atoms with Gasteiger partial charge in [0.25, 0.3) is 11.8 Å². The third-order valence-corrected chi connectivity index (χ3v) is 9.08. The largest absolute Gasteiger partial charge is 0.476 e. The first-order valence-corrected chi connectivity index (χ1v) is 17.9. The number of Topliss-reactive ketones (excluding diaryl/α,β-unsaturated/α-hetero) is 1. The highest BCUT2D eigenvalue weighted by atomic mass is 35.5. The van der Waals surface area contributed by atoms with Crippen LogP contribution < -0.4 is 25.9 Å². The molecule has 43 heavy (non-hydrogen) atoms. The highest BCUT2D eigenvalue weighted by Gasteiger charge is 2.34. The minimum absolute atomic E-state index is 0.0594. The number of nitrogens with zero attached hydrogens (tertiary/aromatic N) is 1. The molecule has 228 valence electrons. The van der Waals surface area contributed by atoms with E-state index in [2.05, 4.69) is 40.6 Å². The summed E-state index contributed by atoms with van der Waals surface area (Å²) in [5, 5.41) is 9.40. The number of nitrogens with one attached hydrogen (secondary N) is 3. The third kappa shape index (κ3) is 9.76. The maximum Gasteiger partial charge on any atom is 0.289 e. The van der Waals surface area contributed by atoms with Crippen molar-refractivity contribution in [3.63, 3.8) is 0 Å².